The fourth-order valence-electron chi connectivity index (χ4n) is 1.96. The average Bonchev–Trinajstić information content (AvgIpc) is 2.93. The van der Waals surface area contributed by atoms with Crippen molar-refractivity contribution in [2.45, 2.75) is 20.8 Å². The van der Waals surface area contributed by atoms with Crippen LogP contribution >= 0.6 is 11.3 Å². The highest BCUT2D eigenvalue weighted by molar-refractivity contribution is 7.13. The lowest BCUT2D eigenvalue weighted by Gasteiger charge is -2.22. The molecule has 0 atom stereocenters. The first-order valence-corrected chi connectivity index (χ1v) is 7.25. The topological polar surface area (TPSA) is 75.7 Å². The number of hydrogen-bond donors (Lipinski definition) is 0. The van der Waals surface area contributed by atoms with Crippen molar-refractivity contribution in [1.29, 1.82) is 0 Å². The number of carbonyl (C=O) groups is 1. The van der Waals surface area contributed by atoms with Gasteiger partial charge in [0.2, 0.25) is 6.02 Å². The summed E-state index contributed by atoms with van der Waals surface area (Å²) in [5, 5.41) is 16.7. The predicted octanol–water partition coefficient (Wildman–Crippen LogP) is -0.346. The molecular formula is C12H17N5O2S. The van der Waals surface area contributed by atoms with Gasteiger partial charge in [0.1, 0.15) is 5.51 Å². The van der Waals surface area contributed by atoms with Gasteiger partial charge in [-0.05, 0) is 20.8 Å². The molecule has 1 aliphatic heterocycles. The van der Waals surface area contributed by atoms with E-state index in [0.29, 0.717) is 29.6 Å². The van der Waals surface area contributed by atoms with Crippen LogP contribution in [0.1, 0.15) is 20.8 Å². The second-order valence-corrected chi connectivity index (χ2v) is 5.12. The first-order chi connectivity index (χ1) is 9.51. The lowest BCUT2D eigenvalue weighted by Crippen LogP contribution is -2.51. The van der Waals surface area contributed by atoms with Crippen LogP contribution < -0.4 is 14.7 Å². The molecule has 0 fully saturated rings. The van der Waals surface area contributed by atoms with Crippen LogP contribution in [-0.2, 0) is 4.79 Å². The van der Waals surface area contributed by atoms with Crippen LogP contribution in [0.5, 0.6) is 0 Å². The highest BCUT2D eigenvalue weighted by Gasteiger charge is 2.31. The van der Waals surface area contributed by atoms with Crippen molar-refractivity contribution in [1.82, 2.24) is 10.00 Å². The van der Waals surface area contributed by atoms with Crippen LogP contribution in [-0.4, -0.2) is 42.1 Å². The fraction of sp³-hybridized carbons (Fsp3) is 0.500. The third-order valence-electron chi connectivity index (χ3n) is 3.18. The van der Waals surface area contributed by atoms with Gasteiger partial charge in [-0.25, -0.2) is 4.90 Å². The Hall–Kier alpha value is -1.96. The van der Waals surface area contributed by atoms with Crippen molar-refractivity contribution in [2.75, 3.05) is 25.0 Å². The monoisotopic (exact) mass is 295 g/mol. The summed E-state index contributed by atoms with van der Waals surface area (Å²) in [5.41, 5.74) is 2.04. The van der Waals surface area contributed by atoms with Gasteiger partial charge >= 0.3 is 5.13 Å². The van der Waals surface area contributed by atoms with E-state index in [9.17, 15) is 9.90 Å². The Morgan fingerprint density at radius 1 is 1.50 bits per heavy atom. The van der Waals surface area contributed by atoms with Crippen LogP contribution in [0.25, 0.3) is 5.82 Å². The zero-order chi connectivity index (χ0) is 14.9. The van der Waals surface area contributed by atoms with Crippen molar-refractivity contribution in [3.63, 3.8) is 0 Å². The molecule has 108 valence electrons. The van der Waals surface area contributed by atoms with Gasteiger partial charge in [-0.15, -0.1) is 5.10 Å². The molecule has 0 radical (unpaired) electrons. The minimum atomic E-state index is -0.393. The molecule has 8 heteroatoms. The van der Waals surface area contributed by atoms with Gasteiger partial charge in [-0.2, -0.15) is 0 Å². The minimum Gasteiger partial charge on any atom is -0.820 e. The molecule has 0 N–H and O–H groups in total. The van der Waals surface area contributed by atoms with E-state index < -0.39 is 6.02 Å². The fourth-order valence-corrected chi connectivity index (χ4v) is 2.67. The Morgan fingerprint density at radius 2 is 2.15 bits per heavy atom. The second-order valence-electron chi connectivity index (χ2n) is 4.31. The predicted molar refractivity (Wildman–Crippen MR) is 75.0 cm³/mol. The van der Waals surface area contributed by atoms with Gasteiger partial charge in [0, 0.05) is 13.1 Å². The number of likely N-dealkylation sites (N-methyl/N-ethyl adjacent to an activating group) is 1. The van der Waals surface area contributed by atoms with Crippen LogP contribution in [0.15, 0.2) is 16.1 Å². The van der Waals surface area contributed by atoms with Gasteiger partial charge in [0.15, 0.2) is 0 Å². The standard InChI is InChI=1S/C12H17N5O2S/c1-5-16(6-2)10(18)8(3)9-14-11(19)15(4)12-17(9)13-7-20-12/h7H,5-6H2,1-4H3. The molecule has 7 nitrogen and oxygen atoms in total. The van der Waals surface area contributed by atoms with Crippen molar-refractivity contribution >= 4 is 34.2 Å². The molecular weight excluding hydrogens is 278 g/mol. The molecule has 0 bridgehead atoms. The Morgan fingerprint density at radius 3 is 2.75 bits per heavy atom. The lowest BCUT2D eigenvalue weighted by molar-refractivity contribution is -0.630. The van der Waals surface area contributed by atoms with Crippen molar-refractivity contribution in [3.8, 4) is 0 Å². The molecule has 2 heterocycles. The second kappa shape index (κ2) is 5.58. The van der Waals surface area contributed by atoms with E-state index in [1.165, 1.54) is 20.9 Å². The normalized spacial score (nSPS) is 16.6. The number of aromatic nitrogens is 2. The maximum Gasteiger partial charge on any atom is 0.314 e. The molecule has 1 aliphatic rings. The Labute approximate surface area is 121 Å². The maximum atomic E-state index is 12.4. The third-order valence-corrected chi connectivity index (χ3v) is 4.04. The molecule has 20 heavy (non-hydrogen) atoms. The zero-order valence-electron chi connectivity index (χ0n) is 12.0. The molecule has 2 rings (SSSR count). The van der Waals surface area contributed by atoms with Gasteiger partial charge < -0.3 is 10.0 Å². The Balaban J connectivity index is 2.50. The van der Waals surface area contributed by atoms with E-state index in [1.54, 1.807) is 24.4 Å². The molecule has 0 spiro atoms. The zero-order valence-corrected chi connectivity index (χ0v) is 12.8. The number of fused-ring (bicyclic) bond motifs is 1. The molecule has 1 amide bonds. The summed E-state index contributed by atoms with van der Waals surface area (Å²) in [6, 6.07) is -0.393. The minimum absolute atomic E-state index is 0.127. The Kier molecular flexibility index (Phi) is 4.03. The van der Waals surface area contributed by atoms with E-state index in [4.69, 9.17) is 0 Å². The van der Waals surface area contributed by atoms with E-state index in [1.807, 2.05) is 13.8 Å². The number of amides is 1. The lowest BCUT2D eigenvalue weighted by atomic mass is 10.2. The molecule has 1 aromatic heterocycles. The first kappa shape index (κ1) is 14.4. The third kappa shape index (κ3) is 2.26. The molecule has 1 aromatic rings. The van der Waals surface area contributed by atoms with Gasteiger partial charge in [-0.1, -0.05) is 21.0 Å². The van der Waals surface area contributed by atoms with E-state index in [-0.39, 0.29) is 5.91 Å². The van der Waals surface area contributed by atoms with E-state index in [2.05, 4.69) is 10.1 Å². The van der Waals surface area contributed by atoms with Crippen LogP contribution in [0.3, 0.4) is 0 Å². The molecule has 0 unspecified atom stereocenters. The van der Waals surface area contributed by atoms with Crippen LogP contribution in [0.4, 0.5) is 5.13 Å². The molecule has 0 aromatic carbocycles. The summed E-state index contributed by atoms with van der Waals surface area (Å²) in [7, 11) is 1.63. The van der Waals surface area contributed by atoms with Crippen molar-refractivity contribution < 1.29 is 14.6 Å². The largest absolute Gasteiger partial charge is 0.820 e. The summed E-state index contributed by atoms with van der Waals surface area (Å²) in [4.78, 5) is 19.4. The number of carbonyl (C=O) groups excluding carboxylic acids is 1. The maximum absolute atomic E-state index is 12.4. The number of rotatable bonds is 3. The van der Waals surface area contributed by atoms with Crippen molar-refractivity contribution in [3.05, 3.63) is 11.1 Å². The smallest absolute Gasteiger partial charge is 0.314 e. The van der Waals surface area contributed by atoms with E-state index >= 15 is 0 Å². The highest BCUT2D eigenvalue weighted by atomic mass is 32.1. The van der Waals surface area contributed by atoms with E-state index in [0.717, 1.165) is 0 Å². The summed E-state index contributed by atoms with van der Waals surface area (Å²) in [6.07, 6.45) is 0. The quantitative estimate of drug-likeness (QED) is 0.564. The SMILES string of the molecule is CCN(CC)C(=O)/C(C)=C1\N=C([O-])N(C)c2scn[n+]21. The number of anilines is 1. The first-order valence-electron chi connectivity index (χ1n) is 6.37. The van der Waals surface area contributed by atoms with Gasteiger partial charge in [-0.3, -0.25) is 4.79 Å². The molecule has 0 saturated heterocycles. The average molecular weight is 295 g/mol. The molecule has 0 saturated carbocycles. The van der Waals surface area contributed by atoms with Gasteiger partial charge in [0.05, 0.1) is 12.6 Å². The van der Waals surface area contributed by atoms with Crippen LogP contribution in [0.2, 0.25) is 0 Å². The molecule has 0 aliphatic carbocycles. The van der Waals surface area contributed by atoms with Gasteiger partial charge in [0.25, 0.3) is 11.7 Å². The number of amidine groups is 1. The summed E-state index contributed by atoms with van der Waals surface area (Å²) in [5.74, 6) is 0.179. The highest BCUT2D eigenvalue weighted by Crippen LogP contribution is 2.21. The summed E-state index contributed by atoms with van der Waals surface area (Å²) < 4.78 is 1.53. The summed E-state index contributed by atoms with van der Waals surface area (Å²) in [6.45, 7) is 6.73. The van der Waals surface area contributed by atoms with Crippen LogP contribution in [0, 0.1) is 0 Å². The number of hydrogen-bond acceptors (Lipinski definition) is 6. The summed E-state index contributed by atoms with van der Waals surface area (Å²) >= 11 is 1.33. The Bertz CT molecular complexity index is 588. The number of nitrogens with zero attached hydrogens (tertiary/aromatic N) is 5. The number of aliphatic imine (C=N–C) groups is 1. The van der Waals surface area contributed by atoms with Crippen molar-refractivity contribution in [2.24, 2.45) is 4.99 Å².